The first-order valence-electron chi connectivity index (χ1n) is 16.2. The molecule has 0 aromatic heterocycles. The van der Waals surface area contributed by atoms with Crippen LogP contribution in [0.25, 0.3) is 0 Å². The van der Waals surface area contributed by atoms with Gasteiger partial charge in [-0.2, -0.15) is 0 Å². The second-order valence-corrected chi connectivity index (χ2v) is 12.1. The van der Waals surface area contributed by atoms with Gasteiger partial charge >= 0.3 is 23.9 Å². The number of esters is 4. The number of hydrogen-bond donors (Lipinski definition) is 1. The Morgan fingerprint density at radius 3 is 2.08 bits per heavy atom. The number of halogens is 1. The molecule has 2 aliphatic rings. The van der Waals surface area contributed by atoms with Crippen molar-refractivity contribution in [2.45, 2.75) is 76.5 Å². The molecule has 0 aliphatic carbocycles. The van der Waals surface area contributed by atoms with Crippen molar-refractivity contribution in [1.82, 2.24) is 0 Å². The molecule has 3 aromatic carbocycles. The zero-order valence-corrected chi connectivity index (χ0v) is 28.3. The Labute approximate surface area is 293 Å². The van der Waals surface area contributed by atoms with Crippen LogP contribution in [0.4, 0.5) is 10.1 Å². The van der Waals surface area contributed by atoms with Crippen molar-refractivity contribution >= 4 is 35.5 Å². The van der Waals surface area contributed by atoms with Crippen molar-refractivity contribution in [3.63, 3.8) is 0 Å². The highest BCUT2D eigenvalue weighted by Crippen LogP contribution is 2.47. The van der Waals surface area contributed by atoms with Crippen LogP contribution in [0.2, 0.25) is 0 Å². The Bertz CT molecular complexity index is 1720. The second kappa shape index (κ2) is 16.1. The fourth-order valence-electron chi connectivity index (χ4n) is 6.34. The highest BCUT2D eigenvalue weighted by Gasteiger charge is 2.54. The normalized spacial score (nSPS) is 24.8. The minimum absolute atomic E-state index is 0.126. The summed E-state index contributed by atoms with van der Waals surface area (Å²) in [6, 6.07) is 21.0. The molecule has 5 rings (SSSR count). The first-order chi connectivity index (χ1) is 24.4. The summed E-state index contributed by atoms with van der Waals surface area (Å²) < 4.78 is 46.0. The molecule has 270 valence electrons. The largest absolute Gasteiger partial charge is 0.467 e. The Hall–Kier alpha value is -5.34. The van der Waals surface area contributed by atoms with E-state index in [1.165, 1.54) is 19.1 Å². The van der Waals surface area contributed by atoms with E-state index in [4.69, 9.17) is 28.4 Å². The van der Waals surface area contributed by atoms with Gasteiger partial charge in [-0.15, -0.1) is 0 Å². The summed E-state index contributed by atoms with van der Waals surface area (Å²) in [6.07, 6.45) is -7.92. The predicted molar refractivity (Wildman–Crippen MR) is 175 cm³/mol. The standard InChI is InChI=1S/C37H38FNO12/c1-20(40)47-29(23-10-14-25(38)15-11-23)19-18-28-30(39(35(28)44)26-8-6-5-7-9-26)24-12-16-27(17-13-24)50-37-31(43)32(48-21(2)41)33(49-22(3)42)34(51-37)36(45)46-4/h5-17,28-34,37,43H,18-19H2,1-4H3/t28?,29-,30+,31+,32+,33-,34-,37+/m0/s1. The fourth-order valence-corrected chi connectivity index (χ4v) is 6.34. The van der Waals surface area contributed by atoms with Crippen LogP contribution in [0.15, 0.2) is 78.9 Å². The van der Waals surface area contributed by atoms with E-state index >= 15 is 0 Å². The number of methoxy groups -OCH3 is 1. The lowest BCUT2D eigenvalue weighted by molar-refractivity contribution is -0.278. The Morgan fingerprint density at radius 2 is 1.49 bits per heavy atom. The zero-order valence-electron chi connectivity index (χ0n) is 28.3. The van der Waals surface area contributed by atoms with Crippen molar-refractivity contribution < 1.29 is 61.9 Å². The maximum atomic E-state index is 13.6. The van der Waals surface area contributed by atoms with Crippen LogP contribution < -0.4 is 9.64 Å². The molecule has 1 N–H and O–H groups in total. The molecule has 1 unspecified atom stereocenters. The third-order valence-electron chi connectivity index (χ3n) is 8.57. The van der Waals surface area contributed by atoms with Crippen LogP contribution in [0, 0.1) is 11.7 Å². The van der Waals surface area contributed by atoms with Crippen LogP contribution >= 0.6 is 0 Å². The summed E-state index contributed by atoms with van der Waals surface area (Å²) in [6.45, 7) is 3.46. The molecule has 0 spiro atoms. The number of carbonyl (C=O) groups excluding carboxylic acids is 5. The molecule has 0 radical (unpaired) electrons. The molecule has 8 atom stereocenters. The minimum atomic E-state index is -1.69. The second-order valence-electron chi connectivity index (χ2n) is 12.1. The summed E-state index contributed by atoms with van der Waals surface area (Å²) in [5.74, 6) is -3.94. The Balaban J connectivity index is 1.38. The topological polar surface area (TPSA) is 164 Å². The van der Waals surface area contributed by atoms with E-state index in [0.717, 1.165) is 26.5 Å². The lowest BCUT2D eigenvalue weighted by Crippen LogP contribution is -2.63. The average molecular weight is 708 g/mol. The van der Waals surface area contributed by atoms with E-state index in [1.54, 1.807) is 41.3 Å². The molecule has 0 saturated carbocycles. The van der Waals surface area contributed by atoms with E-state index in [-0.39, 0.29) is 11.7 Å². The monoisotopic (exact) mass is 707 g/mol. The molecular weight excluding hydrogens is 669 g/mol. The SMILES string of the molecule is COC(=O)[C@H]1O[C@@H](Oc2ccc([C@@H]3C(CC[C@H](OC(C)=O)c4ccc(F)cc4)C(=O)N3c3ccccc3)cc2)[C@H](O)[C@@H](OC(C)=O)[C@@H]1OC(C)=O. The third kappa shape index (κ3) is 8.52. The molecule has 2 fully saturated rings. The number of nitrogens with zero attached hydrogens (tertiary/aromatic N) is 1. The predicted octanol–water partition coefficient (Wildman–Crippen LogP) is 4.12. The zero-order chi connectivity index (χ0) is 36.8. The Kier molecular flexibility index (Phi) is 11.7. The number of hydrogen-bond acceptors (Lipinski definition) is 12. The fraction of sp³-hybridized carbons (Fsp3) is 0.378. The van der Waals surface area contributed by atoms with E-state index in [9.17, 15) is 33.5 Å². The van der Waals surface area contributed by atoms with E-state index < -0.39 is 78.5 Å². The van der Waals surface area contributed by atoms with Gasteiger partial charge in [-0.1, -0.05) is 42.5 Å². The van der Waals surface area contributed by atoms with Gasteiger partial charge < -0.3 is 38.4 Å². The quantitative estimate of drug-likeness (QED) is 0.163. The van der Waals surface area contributed by atoms with Gasteiger partial charge in [0, 0.05) is 26.5 Å². The number of carbonyl (C=O) groups is 5. The molecule has 51 heavy (non-hydrogen) atoms. The minimum Gasteiger partial charge on any atom is -0.467 e. The van der Waals surface area contributed by atoms with Gasteiger partial charge in [0.2, 0.25) is 12.2 Å². The first-order valence-corrected chi connectivity index (χ1v) is 16.2. The third-order valence-corrected chi connectivity index (χ3v) is 8.57. The summed E-state index contributed by atoms with van der Waals surface area (Å²) >= 11 is 0. The summed E-state index contributed by atoms with van der Waals surface area (Å²) in [7, 11) is 1.09. The molecule has 2 aliphatic heterocycles. The molecule has 1 amide bonds. The number of amides is 1. The number of anilines is 1. The van der Waals surface area contributed by atoms with Crippen LogP contribution in [0.5, 0.6) is 5.75 Å². The van der Waals surface area contributed by atoms with Gasteiger partial charge in [0.1, 0.15) is 17.7 Å². The van der Waals surface area contributed by atoms with Crippen LogP contribution in [-0.4, -0.2) is 72.7 Å². The maximum absolute atomic E-state index is 13.6. The van der Waals surface area contributed by atoms with Crippen molar-refractivity contribution in [2.75, 3.05) is 12.0 Å². The molecule has 14 heteroatoms. The van der Waals surface area contributed by atoms with Gasteiger partial charge in [0.15, 0.2) is 24.4 Å². The lowest BCUT2D eigenvalue weighted by Gasteiger charge is -2.48. The first kappa shape index (κ1) is 36.9. The summed E-state index contributed by atoms with van der Waals surface area (Å²) in [5, 5.41) is 11.1. The smallest absolute Gasteiger partial charge is 0.339 e. The number of β-lactam (4-membered cyclic amide) rings is 1. The van der Waals surface area contributed by atoms with Gasteiger partial charge in [-0.05, 0) is 60.4 Å². The summed E-state index contributed by atoms with van der Waals surface area (Å²) in [5.41, 5.74) is 2.03. The van der Waals surface area contributed by atoms with E-state index in [0.29, 0.717) is 24.1 Å². The number of ether oxygens (including phenoxy) is 6. The average Bonchev–Trinajstić information content (AvgIpc) is 3.09. The van der Waals surface area contributed by atoms with Crippen molar-refractivity contribution in [2.24, 2.45) is 5.92 Å². The highest BCUT2D eigenvalue weighted by atomic mass is 19.1. The number of rotatable bonds is 12. The number of aliphatic hydroxyl groups is 1. The summed E-state index contributed by atoms with van der Waals surface area (Å²) in [4.78, 5) is 63.5. The van der Waals surface area contributed by atoms with E-state index in [2.05, 4.69) is 0 Å². The molecule has 13 nitrogen and oxygen atoms in total. The molecule has 0 bridgehead atoms. The van der Waals surface area contributed by atoms with Crippen LogP contribution in [-0.2, 0) is 47.7 Å². The van der Waals surface area contributed by atoms with Crippen LogP contribution in [0.1, 0.15) is 56.9 Å². The van der Waals surface area contributed by atoms with E-state index in [1.807, 2.05) is 30.3 Å². The van der Waals surface area contributed by atoms with Gasteiger partial charge in [0.25, 0.3) is 0 Å². The maximum Gasteiger partial charge on any atom is 0.339 e. The molecular formula is C37H38FNO12. The van der Waals surface area contributed by atoms with Crippen LogP contribution in [0.3, 0.4) is 0 Å². The Morgan fingerprint density at radius 1 is 0.863 bits per heavy atom. The number of aliphatic hydroxyl groups excluding tert-OH is 1. The number of benzene rings is 3. The molecule has 3 aromatic rings. The van der Waals surface area contributed by atoms with Gasteiger partial charge in [-0.25, -0.2) is 9.18 Å². The molecule has 2 saturated heterocycles. The van der Waals surface area contributed by atoms with Gasteiger partial charge in [-0.3, -0.25) is 19.2 Å². The van der Waals surface area contributed by atoms with Gasteiger partial charge in [0.05, 0.1) is 19.1 Å². The number of para-hydroxylation sites is 1. The molecule has 2 heterocycles. The van der Waals surface area contributed by atoms with Crippen molar-refractivity contribution in [1.29, 1.82) is 0 Å². The highest BCUT2D eigenvalue weighted by molar-refractivity contribution is 6.03. The van der Waals surface area contributed by atoms with Crippen molar-refractivity contribution in [3.8, 4) is 5.75 Å². The van der Waals surface area contributed by atoms with Crippen molar-refractivity contribution in [3.05, 3.63) is 95.8 Å². The lowest BCUT2D eigenvalue weighted by atomic mass is 9.78.